The molecular weight excluding hydrogens is 252 g/mol. The van der Waals surface area contributed by atoms with Crippen molar-refractivity contribution >= 4 is 11.8 Å². The second kappa shape index (κ2) is 4.93. The Morgan fingerprint density at radius 3 is 2.55 bits per heavy atom. The Kier molecular flexibility index (Phi) is 3.11. The molecule has 100 valence electrons. The summed E-state index contributed by atoms with van der Waals surface area (Å²) < 4.78 is 0. The van der Waals surface area contributed by atoms with Crippen LogP contribution in [0.3, 0.4) is 0 Å². The van der Waals surface area contributed by atoms with Crippen molar-refractivity contribution in [1.82, 2.24) is 0 Å². The van der Waals surface area contributed by atoms with Gasteiger partial charge in [0.2, 0.25) is 0 Å². The summed E-state index contributed by atoms with van der Waals surface area (Å²) in [6.45, 7) is 0. The van der Waals surface area contributed by atoms with E-state index in [1.165, 1.54) is 0 Å². The Morgan fingerprint density at radius 2 is 1.80 bits per heavy atom. The van der Waals surface area contributed by atoms with Gasteiger partial charge in [0.15, 0.2) is 5.78 Å². The predicted molar refractivity (Wildman–Crippen MR) is 75.1 cm³/mol. The molecule has 2 aromatic rings. The first-order valence-electron chi connectivity index (χ1n) is 6.60. The van der Waals surface area contributed by atoms with Crippen LogP contribution in [0.1, 0.15) is 31.8 Å². The number of carboxylic acids is 1. The Bertz CT molecular complexity index is 688. The number of Topliss-reactive ketones (excluding diaryl/α,β-unsaturated/α-hetero) is 1. The van der Waals surface area contributed by atoms with Gasteiger partial charge in [-0.05, 0) is 30.0 Å². The summed E-state index contributed by atoms with van der Waals surface area (Å²) in [5.41, 5.74) is 2.86. The molecule has 2 aromatic carbocycles. The Morgan fingerprint density at radius 1 is 1.10 bits per heavy atom. The van der Waals surface area contributed by atoms with Crippen LogP contribution in [-0.4, -0.2) is 16.9 Å². The monoisotopic (exact) mass is 266 g/mol. The third-order valence-corrected chi connectivity index (χ3v) is 3.83. The smallest absolute Gasteiger partial charge is 0.335 e. The van der Waals surface area contributed by atoms with E-state index in [0.29, 0.717) is 12.8 Å². The number of carboxylic acid groups (broad SMARTS) is 1. The predicted octanol–water partition coefficient (Wildman–Crippen LogP) is 2.98. The molecule has 1 aliphatic rings. The molecule has 1 unspecified atom stereocenters. The number of fused-ring (bicyclic) bond motifs is 1. The van der Waals surface area contributed by atoms with Gasteiger partial charge in [0, 0.05) is 11.5 Å². The molecule has 3 nitrogen and oxygen atoms in total. The standard InChI is InChI=1S/C17H14O3/c18-16-13(9-11-5-1-3-7-14(11)16)10-12-6-2-4-8-15(12)17(19)20/h1-8,13H,9-10H2,(H,19,20). The van der Waals surface area contributed by atoms with E-state index >= 15 is 0 Å². The molecule has 0 bridgehead atoms. The SMILES string of the molecule is O=C(O)c1ccccc1CC1Cc2ccccc2C1=O. The number of aromatic carboxylic acids is 1. The number of ketones is 1. The first-order valence-corrected chi connectivity index (χ1v) is 6.60. The molecule has 0 amide bonds. The van der Waals surface area contributed by atoms with Crippen molar-refractivity contribution in [2.75, 3.05) is 0 Å². The molecular formula is C17H14O3. The summed E-state index contributed by atoms with van der Waals surface area (Å²) in [5.74, 6) is -0.961. The molecule has 0 aromatic heterocycles. The summed E-state index contributed by atoms with van der Waals surface area (Å²) in [6, 6.07) is 14.5. The Balaban J connectivity index is 1.88. The maximum absolute atomic E-state index is 12.3. The third kappa shape index (κ3) is 2.11. The molecule has 3 rings (SSSR count). The van der Waals surface area contributed by atoms with Gasteiger partial charge in [-0.25, -0.2) is 4.79 Å². The second-order valence-corrected chi connectivity index (χ2v) is 5.09. The van der Waals surface area contributed by atoms with Crippen LogP contribution in [0.25, 0.3) is 0 Å². The fraction of sp³-hybridized carbons (Fsp3) is 0.176. The van der Waals surface area contributed by atoms with Crippen LogP contribution < -0.4 is 0 Å². The quantitative estimate of drug-likeness (QED) is 0.929. The van der Waals surface area contributed by atoms with Crippen LogP contribution in [0.2, 0.25) is 0 Å². The van der Waals surface area contributed by atoms with E-state index in [0.717, 1.165) is 16.7 Å². The zero-order chi connectivity index (χ0) is 14.1. The highest BCUT2D eigenvalue weighted by molar-refractivity contribution is 6.02. The highest BCUT2D eigenvalue weighted by Crippen LogP contribution is 2.29. The normalized spacial score (nSPS) is 17.0. The van der Waals surface area contributed by atoms with Crippen LogP contribution >= 0.6 is 0 Å². The van der Waals surface area contributed by atoms with Gasteiger partial charge in [0.1, 0.15) is 0 Å². The highest BCUT2D eigenvalue weighted by atomic mass is 16.4. The first-order chi connectivity index (χ1) is 9.66. The Hall–Kier alpha value is -2.42. The molecule has 0 heterocycles. The van der Waals surface area contributed by atoms with Gasteiger partial charge < -0.3 is 5.11 Å². The van der Waals surface area contributed by atoms with Crippen LogP contribution in [0.15, 0.2) is 48.5 Å². The van der Waals surface area contributed by atoms with Gasteiger partial charge in [-0.3, -0.25) is 4.79 Å². The van der Waals surface area contributed by atoms with Gasteiger partial charge in [-0.15, -0.1) is 0 Å². The van der Waals surface area contributed by atoms with Crippen LogP contribution in [0.4, 0.5) is 0 Å². The summed E-state index contributed by atoms with van der Waals surface area (Å²) in [5, 5.41) is 9.19. The number of benzene rings is 2. The first kappa shape index (κ1) is 12.6. The molecule has 1 atom stereocenters. The van der Waals surface area contributed by atoms with E-state index in [4.69, 9.17) is 0 Å². The molecule has 0 saturated carbocycles. The molecule has 0 radical (unpaired) electrons. The summed E-state index contributed by atoms with van der Waals surface area (Å²) in [6.07, 6.45) is 1.18. The van der Waals surface area contributed by atoms with Gasteiger partial charge in [-0.2, -0.15) is 0 Å². The molecule has 20 heavy (non-hydrogen) atoms. The van der Waals surface area contributed by atoms with Crippen LogP contribution in [0, 0.1) is 5.92 Å². The van der Waals surface area contributed by atoms with Gasteiger partial charge in [0.05, 0.1) is 5.56 Å². The summed E-state index contributed by atoms with van der Waals surface area (Å²) >= 11 is 0. The van der Waals surface area contributed by atoms with E-state index in [1.807, 2.05) is 30.3 Å². The van der Waals surface area contributed by atoms with E-state index in [2.05, 4.69) is 0 Å². The average molecular weight is 266 g/mol. The maximum atomic E-state index is 12.3. The number of rotatable bonds is 3. The highest BCUT2D eigenvalue weighted by Gasteiger charge is 2.30. The summed E-state index contributed by atoms with van der Waals surface area (Å²) in [4.78, 5) is 23.5. The van der Waals surface area contributed by atoms with E-state index in [1.54, 1.807) is 18.2 Å². The number of hydrogen-bond donors (Lipinski definition) is 1. The minimum Gasteiger partial charge on any atom is -0.478 e. The third-order valence-electron chi connectivity index (χ3n) is 3.83. The fourth-order valence-corrected chi connectivity index (χ4v) is 2.85. The zero-order valence-electron chi connectivity index (χ0n) is 10.9. The van der Waals surface area contributed by atoms with Crippen molar-refractivity contribution in [3.63, 3.8) is 0 Å². The zero-order valence-corrected chi connectivity index (χ0v) is 10.9. The lowest BCUT2D eigenvalue weighted by molar-refractivity contribution is 0.0694. The van der Waals surface area contributed by atoms with Crippen molar-refractivity contribution in [3.8, 4) is 0 Å². The summed E-state index contributed by atoms with van der Waals surface area (Å²) in [7, 11) is 0. The molecule has 0 fully saturated rings. The van der Waals surface area contributed by atoms with Crippen LogP contribution in [0.5, 0.6) is 0 Å². The van der Waals surface area contributed by atoms with Gasteiger partial charge in [-0.1, -0.05) is 42.5 Å². The molecule has 0 spiro atoms. The van der Waals surface area contributed by atoms with Crippen molar-refractivity contribution < 1.29 is 14.7 Å². The number of carbonyl (C=O) groups is 2. The van der Waals surface area contributed by atoms with Crippen molar-refractivity contribution in [2.24, 2.45) is 5.92 Å². The lowest BCUT2D eigenvalue weighted by Crippen LogP contribution is -2.14. The fourth-order valence-electron chi connectivity index (χ4n) is 2.85. The minimum atomic E-state index is -0.941. The van der Waals surface area contributed by atoms with Crippen LogP contribution in [-0.2, 0) is 12.8 Å². The minimum absolute atomic E-state index is 0.126. The molecule has 0 saturated heterocycles. The molecule has 3 heteroatoms. The molecule has 1 aliphatic carbocycles. The number of hydrogen-bond acceptors (Lipinski definition) is 2. The molecule has 0 aliphatic heterocycles. The average Bonchev–Trinajstić information content (AvgIpc) is 2.76. The van der Waals surface area contributed by atoms with Crippen molar-refractivity contribution in [2.45, 2.75) is 12.8 Å². The largest absolute Gasteiger partial charge is 0.478 e. The molecule has 1 N–H and O–H groups in total. The van der Waals surface area contributed by atoms with Crippen molar-refractivity contribution in [1.29, 1.82) is 0 Å². The Labute approximate surface area is 116 Å². The lowest BCUT2D eigenvalue weighted by atomic mass is 9.93. The van der Waals surface area contributed by atoms with E-state index in [9.17, 15) is 14.7 Å². The maximum Gasteiger partial charge on any atom is 0.335 e. The van der Waals surface area contributed by atoms with Gasteiger partial charge >= 0.3 is 5.97 Å². The van der Waals surface area contributed by atoms with E-state index < -0.39 is 5.97 Å². The lowest BCUT2D eigenvalue weighted by Gasteiger charge is -2.10. The van der Waals surface area contributed by atoms with Gasteiger partial charge in [0.25, 0.3) is 0 Å². The van der Waals surface area contributed by atoms with E-state index in [-0.39, 0.29) is 17.3 Å². The second-order valence-electron chi connectivity index (χ2n) is 5.09. The topological polar surface area (TPSA) is 54.4 Å². The number of carbonyl (C=O) groups excluding carboxylic acids is 1. The van der Waals surface area contributed by atoms with Crippen molar-refractivity contribution in [3.05, 3.63) is 70.8 Å².